The molecule has 3 rings (SSSR count). The highest BCUT2D eigenvalue weighted by atomic mass is 19.1. The van der Waals surface area contributed by atoms with Crippen LogP contribution in [0.3, 0.4) is 0 Å². The molecule has 0 nitrogen and oxygen atoms in total. The zero-order valence-electron chi connectivity index (χ0n) is 14.6. The van der Waals surface area contributed by atoms with Crippen molar-refractivity contribution < 1.29 is 4.39 Å². The Labute approximate surface area is 140 Å². The van der Waals surface area contributed by atoms with Crippen molar-refractivity contribution in [2.75, 3.05) is 0 Å². The van der Waals surface area contributed by atoms with Gasteiger partial charge in [-0.15, -0.1) is 5.92 Å². The summed E-state index contributed by atoms with van der Waals surface area (Å²) in [7, 11) is 0. The minimum atomic E-state index is -0.153. The summed E-state index contributed by atoms with van der Waals surface area (Å²) in [5, 5.41) is 0. The van der Waals surface area contributed by atoms with Crippen LogP contribution in [0.15, 0.2) is 18.2 Å². The maximum atomic E-state index is 14.1. The lowest BCUT2D eigenvalue weighted by atomic mass is 9.68. The van der Waals surface area contributed by atoms with E-state index in [-0.39, 0.29) is 5.82 Å². The van der Waals surface area contributed by atoms with Crippen molar-refractivity contribution in [1.29, 1.82) is 0 Å². The molecule has 0 radical (unpaired) electrons. The standard InChI is InChI=1S/C22H29F/c1-3-4-20-13-14-21(15-22(20)23)19-11-9-18(10-12-19)17-7-5-16(2)6-8-17/h13-19H,5-12H2,1-2H3. The quantitative estimate of drug-likeness (QED) is 0.562. The molecule has 23 heavy (non-hydrogen) atoms. The highest BCUT2D eigenvalue weighted by Gasteiger charge is 2.30. The molecule has 0 atom stereocenters. The van der Waals surface area contributed by atoms with Gasteiger partial charge >= 0.3 is 0 Å². The molecule has 0 heterocycles. The van der Waals surface area contributed by atoms with E-state index in [9.17, 15) is 4.39 Å². The van der Waals surface area contributed by atoms with Gasteiger partial charge in [0.1, 0.15) is 5.82 Å². The first-order valence-corrected chi connectivity index (χ1v) is 9.39. The lowest BCUT2D eigenvalue weighted by Gasteiger charge is -2.37. The number of benzene rings is 1. The Morgan fingerprint density at radius 3 is 2.09 bits per heavy atom. The summed E-state index contributed by atoms with van der Waals surface area (Å²) in [5.41, 5.74) is 1.71. The molecule has 0 aromatic heterocycles. The fourth-order valence-corrected chi connectivity index (χ4v) is 4.70. The molecule has 0 bridgehead atoms. The number of halogens is 1. The molecule has 0 unspecified atom stereocenters. The van der Waals surface area contributed by atoms with Crippen molar-refractivity contribution in [1.82, 2.24) is 0 Å². The summed E-state index contributed by atoms with van der Waals surface area (Å²) in [6.45, 7) is 4.15. The van der Waals surface area contributed by atoms with E-state index in [1.807, 2.05) is 6.07 Å². The highest BCUT2D eigenvalue weighted by Crippen LogP contribution is 2.43. The minimum Gasteiger partial charge on any atom is -0.206 e. The number of hydrogen-bond acceptors (Lipinski definition) is 0. The summed E-state index contributed by atoms with van der Waals surface area (Å²) in [4.78, 5) is 0. The molecule has 0 aliphatic heterocycles. The summed E-state index contributed by atoms with van der Waals surface area (Å²) < 4.78 is 14.1. The van der Waals surface area contributed by atoms with E-state index in [2.05, 4.69) is 24.8 Å². The van der Waals surface area contributed by atoms with E-state index in [1.165, 1.54) is 56.9 Å². The van der Waals surface area contributed by atoms with Crippen LogP contribution in [-0.2, 0) is 0 Å². The molecule has 0 saturated heterocycles. The van der Waals surface area contributed by atoms with Crippen molar-refractivity contribution in [2.45, 2.75) is 71.1 Å². The van der Waals surface area contributed by atoms with Gasteiger partial charge in [-0.3, -0.25) is 0 Å². The van der Waals surface area contributed by atoms with Gasteiger partial charge in [0.2, 0.25) is 0 Å². The van der Waals surface area contributed by atoms with Crippen LogP contribution < -0.4 is 0 Å². The topological polar surface area (TPSA) is 0 Å². The zero-order chi connectivity index (χ0) is 16.2. The van der Waals surface area contributed by atoms with Crippen LogP contribution in [0.4, 0.5) is 4.39 Å². The second-order valence-corrected chi connectivity index (χ2v) is 7.75. The van der Waals surface area contributed by atoms with Crippen LogP contribution in [0.2, 0.25) is 0 Å². The Hall–Kier alpha value is -1.29. The average molecular weight is 312 g/mol. The first-order chi connectivity index (χ1) is 11.2. The molecule has 1 aromatic rings. The third-order valence-electron chi connectivity index (χ3n) is 6.22. The normalized spacial score (nSPS) is 31.3. The lowest BCUT2D eigenvalue weighted by molar-refractivity contribution is 0.165. The molecular weight excluding hydrogens is 283 g/mol. The predicted octanol–water partition coefficient (Wildman–Crippen LogP) is 6.30. The van der Waals surface area contributed by atoms with E-state index >= 15 is 0 Å². The molecule has 0 spiro atoms. The van der Waals surface area contributed by atoms with E-state index in [1.54, 1.807) is 13.0 Å². The fraction of sp³-hybridized carbons (Fsp3) is 0.636. The molecule has 2 aliphatic carbocycles. The number of rotatable bonds is 2. The van der Waals surface area contributed by atoms with Crippen LogP contribution in [0.25, 0.3) is 0 Å². The molecule has 0 amide bonds. The van der Waals surface area contributed by atoms with Gasteiger partial charge in [-0.25, -0.2) is 4.39 Å². The van der Waals surface area contributed by atoms with Crippen molar-refractivity contribution in [2.24, 2.45) is 17.8 Å². The molecule has 1 heteroatoms. The summed E-state index contributed by atoms with van der Waals surface area (Å²) in [6, 6.07) is 5.68. The predicted molar refractivity (Wildman–Crippen MR) is 94.8 cm³/mol. The fourth-order valence-electron chi connectivity index (χ4n) is 4.70. The van der Waals surface area contributed by atoms with E-state index < -0.39 is 0 Å². The summed E-state index contributed by atoms with van der Waals surface area (Å²) in [5.74, 6) is 8.84. The molecule has 2 aliphatic rings. The SMILES string of the molecule is CC#Cc1ccc(C2CCC(C3CCC(C)CC3)CC2)cc1F. The van der Waals surface area contributed by atoms with Crippen LogP contribution in [-0.4, -0.2) is 0 Å². The number of hydrogen-bond donors (Lipinski definition) is 0. The van der Waals surface area contributed by atoms with Crippen molar-refractivity contribution >= 4 is 0 Å². The lowest BCUT2D eigenvalue weighted by Crippen LogP contribution is -2.24. The van der Waals surface area contributed by atoms with Gasteiger partial charge in [-0.2, -0.15) is 0 Å². The van der Waals surface area contributed by atoms with Gasteiger partial charge in [0, 0.05) is 0 Å². The van der Waals surface area contributed by atoms with Crippen LogP contribution in [0.5, 0.6) is 0 Å². The second-order valence-electron chi connectivity index (χ2n) is 7.75. The third kappa shape index (κ3) is 3.97. The van der Waals surface area contributed by atoms with Gasteiger partial charge in [-0.1, -0.05) is 31.8 Å². The Kier molecular flexibility index (Phi) is 5.42. The smallest absolute Gasteiger partial charge is 0.139 e. The molecule has 0 N–H and O–H groups in total. The Balaban J connectivity index is 1.58. The van der Waals surface area contributed by atoms with Gasteiger partial charge in [0.15, 0.2) is 0 Å². The zero-order valence-corrected chi connectivity index (χ0v) is 14.6. The summed E-state index contributed by atoms with van der Waals surface area (Å²) >= 11 is 0. The minimum absolute atomic E-state index is 0.153. The molecular formula is C22H29F. The molecule has 124 valence electrons. The first-order valence-electron chi connectivity index (χ1n) is 9.39. The third-order valence-corrected chi connectivity index (χ3v) is 6.22. The monoisotopic (exact) mass is 312 g/mol. The van der Waals surface area contributed by atoms with Crippen molar-refractivity contribution in [3.8, 4) is 11.8 Å². The van der Waals surface area contributed by atoms with Gasteiger partial charge in [0.25, 0.3) is 0 Å². The van der Waals surface area contributed by atoms with Gasteiger partial charge in [-0.05, 0) is 86.8 Å². The van der Waals surface area contributed by atoms with E-state index in [4.69, 9.17) is 0 Å². The largest absolute Gasteiger partial charge is 0.206 e. The molecule has 2 saturated carbocycles. The van der Waals surface area contributed by atoms with E-state index in [0.29, 0.717) is 11.5 Å². The second kappa shape index (κ2) is 7.52. The summed E-state index contributed by atoms with van der Waals surface area (Å²) in [6.07, 6.45) is 10.9. The van der Waals surface area contributed by atoms with E-state index in [0.717, 1.165) is 17.8 Å². The maximum Gasteiger partial charge on any atom is 0.139 e. The van der Waals surface area contributed by atoms with Crippen molar-refractivity contribution in [3.05, 3.63) is 35.1 Å². The Morgan fingerprint density at radius 1 is 0.913 bits per heavy atom. The maximum absolute atomic E-state index is 14.1. The first kappa shape index (κ1) is 16.6. The van der Waals surface area contributed by atoms with Crippen LogP contribution >= 0.6 is 0 Å². The Morgan fingerprint density at radius 2 is 1.52 bits per heavy atom. The Bertz CT molecular complexity index is 576. The molecule has 1 aromatic carbocycles. The molecule has 2 fully saturated rings. The highest BCUT2D eigenvalue weighted by molar-refractivity contribution is 5.38. The van der Waals surface area contributed by atoms with Crippen LogP contribution in [0.1, 0.15) is 82.3 Å². The van der Waals surface area contributed by atoms with Gasteiger partial charge in [0.05, 0.1) is 5.56 Å². The average Bonchev–Trinajstić information content (AvgIpc) is 2.58. The van der Waals surface area contributed by atoms with Crippen LogP contribution in [0, 0.1) is 35.4 Å². The van der Waals surface area contributed by atoms with Gasteiger partial charge < -0.3 is 0 Å². The van der Waals surface area contributed by atoms with Crippen molar-refractivity contribution in [3.63, 3.8) is 0 Å².